The van der Waals surface area contributed by atoms with Crippen molar-refractivity contribution >= 4 is 24.0 Å². The molecule has 1 saturated carbocycles. The van der Waals surface area contributed by atoms with E-state index in [4.69, 9.17) is 22.1 Å². The van der Waals surface area contributed by atoms with Gasteiger partial charge in [0.1, 0.15) is 5.75 Å². The molecule has 108 valence electrons. The molecule has 2 nitrogen and oxygen atoms in total. The molecule has 19 heavy (non-hydrogen) atoms. The van der Waals surface area contributed by atoms with Crippen LogP contribution in [0.25, 0.3) is 0 Å². The van der Waals surface area contributed by atoms with E-state index in [1.807, 2.05) is 13.8 Å². The summed E-state index contributed by atoms with van der Waals surface area (Å²) in [5.74, 6) is 1.60. The number of hydrogen-bond donors (Lipinski definition) is 1. The smallest absolute Gasteiger partial charge is 0.141 e. The Balaban J connectivity index is 0.00000180. The number of halogens is 2. The topological polar surface area (TPSA) is 35.2 Å². The summed E-state index contributed by atoms with van der Waals surface area (Å²) in [5, 5.41) is 0.756. The zero-order valence-electron chi connectivity index (χ0n) is 11.8. The summed E-state index contributed by atoms with van der Waals surface area (Å²) in [4.78, 5) is 0. The Morgan fingerprint density at radius 3 is 2.58 bits per heavy atom. The lowest BCUT2D eigenvalue weighted by molar-refractivity contribution is 0.298. The number of rotatable bonds is 5. The molecule has 1 aliphatic rings. The summed E-state index contributed by atoms with van der Waals surface area (Å²) >= 11 is 6.43. The lowest BCUT2D eigenvalue weighted by atomic mass is 9.99. The molecule has 0 radical (unpaired) electrons. The van der Waals surface area contributed by atoms with Crippen molar-refractivity contribution in [1.82, 2.24) is 0 Å². The van der Waals surface area contributed by atoms with Gasteiger partial charge in [-0.1, -0.05) is 17.7 Å². The largest absolute Gasteiger partial charge is 0.491 e. The molecule has 1 unspecified atom stereocenters. The van der Waals surface area contributed by atoms with Gasteiger partial charge in [0, 0.05) is 6.04 Å². The van der Waals surface area contributed by atoms with Gasteiger partial charge in [-0.25, -0.2) is 0 Å². The maximum Gasteiger partial charge on any atom is 0.141 e. The fourth-order valence-corrected chi connectivity index (χ4v) is 2.47. The van der Waals surface area contributed by atoms with E-state index in [9.17, 15) is 0 Å². The lowest BCUT2D eigenvalue weighted by Crippen LogP contribution is -2.18. The van der Waals surface area contributed by atoms with Crippen LogP contribution < -0.4 is 10.5 Å². The zero-order chi connectivity index (χ0) is 13.3. The van der Waals surface area contributed by atoms with Crippen LogP contribution >= 0.6 is 24.0 Å². The van der Waals surface area contributed by atoms with Crippen LogP contribution in [0.2, 0.25) is 5.02 Å². The van der Waals surface area contributed by atoms with Crippen molar-refractivity contribution in [2.75, 3.05) is 6.61 Å². The van der Waals surface area contributed by atoms with Gasteiger partial charge >= 0.3 is 0 Å². The normalized spacial score (nSPS) is 15.8. The number of ether oxygens (including phenoxy) is 1. The SMILES string of the molecule is Cc1cc(CC(C)N)c(C)c(Cl)c1OCC1CC1.Cl. The molecule has 1 aromatic rings. The minimum atomic E-state index is 0. The van der Waals surface area contributed by atoms with Gasteiger partial charge in [0.2, 0.25) is 0 Å². The van der Waals surface area contributed by atoms with Crippen LogP contribution in [-0.4, -0.2) is 12.6 Å². The average Bonchev–Trinajstić information content (AvgIpc) is 3.08. The molecule has 0 heterocycles. The maximum atomic E-state index is 6.43. The van der Waals surface area contributed by atoms with Crippen LogP contribution in [0.5, 0.6) is 5.75 Å². The van der Waals surface area contributed by atoms with Crippen molar-refractivity contribution in [2.45, 2.75) is 46.1 Å². The van der Waals surface area contributed by atoms with E-state index in [1.54, 1.807) is 0 Å². The van der Waals surface area contributed by atoms with E-state index in [1.165, 1.54) is 18.4 Å². The minimum Gasteiger partial charge on any atom is -0.491 e. The van der Waals surface area contributed by atoms with Gasteiger partial charge in [-0.15, -0.1) is 12.4 Å². The van der Waals surface area contributed by atoms with E-state index in [0.717, 1.165) is 40.8 Å². The van der Waals surface area contributed by atoms with E-state index in [-0.39, 0.29) is 18.4 Å². The summed E-state index contributed by atoms with van der Waals surface area (Å²) in [6.07, 6.45) is 3.44. The zero-order valence-corrected chi connectivity index (χ0v) is 13.4. The third-order valence-electron chi connectivity index (χ3n) is 3.46. The highest BCUT2D eigenvalue weighted by atomic mass is 35.5. The summed E-state index contributed by atoms with van der Waals surface area (Å²) in [6, 6.07) is 2.31. The molecule has 0 spiro atoms. The molecule has 1 fully saturated rings. The predicted octanol–water partition coefficient (Wildman–Crippen LogP) is 4.06. The molecule has 4 heteroatoms. The van der Waals surface area contributed by atoms with E-state index in [2.05, 4.69) is 13.0 Å². The highest BCUT2D eigenvalue weighted by molar-refractivity contribution is 6.33. The average molecular weight is 304 g/mol. The Morgan fingerprint density at radius 2 is 2.05 bits per heavy atom. The van der Waals surface area contributed by atoms with Crippen molar-refractivity contribution in [3.63, 3.8) is 0 Å². The maximum absolute atomic E-state index is 6.43. The monoisotopic (exact) mass is 303 g/mol. The predicted molar refractivity (Wildman–Crippen MR) is 83.7 cm³/mol. The van der Waals surface area contributed by atoms with Crippen LogP contribution in [-0.2, 0) is 6.42 Å². The number of aryl methyl sites for hydroxylation is 1. The van der Waals surface area contributed by atoms with Gasteiger partial charge in [0.25, 0.3) is 0 Å². The molecular weight excluding hydrogens is 281 g/mol. The van der Waals surface area contributed by atoms with Crippen LogP contribution in [0.15, 0.2) is 6.07 Å². The first-order chi connectivity index (χ1) is 8.49. The minimum absolute atomic E-state index is 0. The van der Waals surface area contributed by atoms with Crippen LogP contribution in [0, 0.1) is 19.8 Å². The summed E-state index contributed by atoms with van der Waals surface area (Å²) < 4.78 is 5.87. The fourth-order valence-electron chi connectivity index (χ4n) is 2.14. The van der Waals surface area contributed by atoms with Crippen LogP contribution in [0.3, 0.4) is 0 Å². The highest BCUT2D eigenvalue weighted by Gasteiger charge is 2.23. The van der Waals surface area contributed by atoms with Gasteiger partial charge < -0.3 is 10.5 Å². The van der Waals surface area contributed by atoms with Crippen molar-refractivity contribution in [2.24, 2.45) is 11.7 Å². The van der Waals surface area contributed by atoms with E-state index in [0.29, 0.717) is 0 Å². The molecule has 0 aromatic heterocycles. The van der Waals surface area contributed by atoms with Crippen molar-refractivity contribution in [1.29, 1.82) is 0 Å². The molecule has 2 rings (SSSR count). The first kappa shape index (κ1) is 16.6. The van der Waals surface area contributed by atoms with Gasteiger partial charge in [-0.3, -0.25) is 0 Å². The second-order valence-corrected chi connectivity index (χ2v) is 5.93. The second kappa shape index (κ2) is 6.83. The Kier molecular flexibility index (Phi) is 5.97. The molecular formula is C15H23Cl2NO. The quantitative estimate of drug-likeness (QED) is 0.890. The second-order valence-electron chi connectivity index (χ2n) is 5.56. The number of benzene rings is 1. The molecule has 0 saturated heterocycles. The van der Waals surface area contributed by atoms with Crippen molar-refractivity contribution in [3.05, 3.63) is 27.8 Å². The molecule has 1 aromatic carbocycles. The standard InChI is InChI=1S/C15H22ClNO.ClH/c1-9-6-13(7-10(2)17)11(3)14(16)15(9)18-8-12-4-5-12;/h6,10,12H,4-5,7-8,17H2,1-3H3;1H. The Labute approximate surface area is 127 Å². The van der Waals surface area contributed by atoms with Crippen LogP contribution in [0.4, 0.5) is 0 Å². The van der Waals surface area contributed by atoms with Gasteiger partial charge in [0.05, 0.1) is 11.6 Å². The van der Waals surface area contributed by atoms with Crippen LogP contribution in [0.1, 0.15) is 36.5 Å². The third-order valence-corrected chi connectivity index (χ3v) is 3.92. The third kappa shape index (κ3) is 4.27. The van der Waals surface area contributed by atoms with E-state index < -0.39 is 0 Å². The molecule has 1 atom stereocenters. The molecule has 0 bridgehead atoms. The summed E-state index contributed by atoms with van der Waals surface area (Å²) in [6.45, 7) is 6.91. The first-order valence-electron chi connectivity index (χ1n) is 6.66. The number of hydrogen-bond acceptors (Lipinski definition) is 2. The van der Waals surface area contributed by atoms with Gasteiger partial charge in [0.15, 0.2) is 0 Å². The lowest BCUT2D eigenvalue weighted by Gasteiger charge is -2.17. The molecule has 0 aliphatic heterocycles. The van der Waals surface area contributed by atoms with E-state index >= 15 is 0 Å². The summed E-state index contributed by atoms with van der Waals surface area (Å²) in [5.41, 5.74) is 9.31. The van der Waals surface area contributed by atoms with Crippen molar-refractivity contribution in [3.8, 4) is 5.75 Å². The molecule has 0 amide bonds. The van der Waals surface area contributed by atoms with Gasteiger partial charge in [-0.2, -0.15) is 0 Å². The fraction of sp³-hybridized carbons (Fsp3) is 0.600. The number of nitrogens with two attached hydrogens (primary N) is 1. The van der Waals surface area contributed by atoms with Crippen molar-refractivity contribution < 1.29 is 4.74 Å². The summed E-state index contributed by atoms with van der Waals surface area (Å²) in [7, 11) is 0. The Morgan fingerprint density at radius 1 is 1.42 bits per heavy atom. The first-order valence-corrected chi connectivity index (χ1v) is 7.03. The molecule has 2 N–H and O–H groups in total. The Bertz CT molecular complexity index is 442. The van der Waals surface area contributed by atoms with Gasteiger partial charge in [-0.05, 0) is 62.6 Å². The molecule has 1 aliphatic carbocycles. The Hall–Kier alpha value is -0.440. The highest BCUT2D eigenvalue weighted by Crippen LogP contribution is 2.36.